The predicted molar refractivity (Wildman–Crippen MR) is 74.2 cm³/mol. The van der Waals surface area contributed by atoms with Gasteiger partial charge in [0.25, 0.3) is 11.8 Å². The van der Waals surface area contributed by atoms with Crippen LogP contribution in [0.5, 0.6) is 5.75 Å². The molecule has 2 rings (SSSR count). The molecule has 0 aliphatic heterocycles. The Morgan fingerprint density at radius 1 is 1.14 bits per heavy atom. The number of hydrazine groups is 1. The zero-order valence-electron chi connectivity index (χ0n) is 11.3. The molecule has 7 nitrogen and oxygen atoms in total. The Morgan fingerprint density at radius 2 is 1.90 bits per heavy atom. The molecule has 1 aromatic heterocycles. The number of rotatable bonds is 4. The van der Waals surface area contributed by atoms with Crippen molar-refractivity contribution in [3.63, 3.8) is 0 Å². The number of hydrogen-bond donors (Lipinski definition) is 2. The maximum Gasteiger partial charge on any atom is 0.289 e. The Labute approximate surface area is 121 Å². The highest BCUT2D eigenvalue weighted by atomic mass is 16.5. The van der Waals surface area contributed by atoms with Crippen molar-refractivity contribution in [2.75, 3.05) is 0 Å². The highest BCUT2D eigenvalue weighted by Crippen LogP contribution is 2.10. The first kappa shape index (κ1) is 14.4. The molecule has 108 valence electrons. The SMILES string of the molecule is C[C@H](Oc1ccccc1)C(=O)NNC(=O)c1cnccn1. The molecule has 1 atom stereocenters. The van der Waals surface area contributed by atoms with E-state index in [0.717, 1.165) is 0 Å². The van der Waals surface area contributed by atoms with E-state index in [0.29, 0.717) is 5.75 Å². The molecule has 0 unspecified atom stereocenters. The number of para-hydroxylation sites is 1. The monoisotopic (exact) mass is 286 g/mol. The number of benzene rings is 1. The third kappa shape index (κ3) is 4.27. The normalized spacial score (nSPS) is 11.3. The number of hydrogen-bond acceptors (Lipinski definition) is 5. The van der Waals surface area contributed by atoms with Crippen LogP contribution in [-0.4, -0.2) is 27.9 Å². The van der Waals surface area contributed by atoms with Crippen LogP contribution in [0.2, 0.25) is 0 Å². The maximum absolute atomic E-state index is 11.8. The van der Waals surface area contributed by atoms with Crippen molar-refractivity contribution in [3.05, 3.63) is 54.6 Å². The average molecular weight is 286 g/mol. The highest BCUT2D eigenvalue weighted by molar-refractivity contribution is 5.93. The van der Waals surface area contributed by atoms with E-state index in [9.17, 15) is 9.59 Å². The van der Waals surface area contributed by atoms with Gasteiger partial charge in [-0.25, -0.2) is 4.98 Å². The van der Waals surface area contributed by atoms with Crippen molar-refractivity contribution >= 4 is 11.8 Å². The number of aromatic nitrogens is 2. The molecule has 0 radical (unpaired) electrons. The van der Waals surface area contributed by atoms with E-state index in [4.69, 9.17) is 4.74 Å². The van der Waals surface area contributed by atoms with Crippen molar-refractivity contribution in [1.82, 2.24) is 20.8 Å². The molecule has 2 amide bonds. The fraction of sp³-hybridized carbons (Fsp3) is 0.143. The fourth-order valence-electron chi connectivity index (χ4n) is 1.46. The number of nitrogens with zero attached hydrogens (tertiary/aromatic N) is 2. The van der Waals surface area contributed by atoms with Crippen molar-refractivity contribution in [2.24, 2.45) is 0 Å². The molecule has 1 heterocycles. The Balaban J connectivity index is 1.83. The van der Waals surface area contributed by atoms with Gasteiger partial charge >= 0.3 is 0 Å². The van der Waals surface area contributed by atoms with Crippen LogP contribution in [0.25, 0.3) is 0 Å². The minimum Gasteiger partial charge on any atom is -0.481 e. The zero-order valence-corrected chi connectivity index (χ0v) is 11.3. The third-order valence-corrected chi connectivity index (χ3v) is 2.52. The summed E-state index contributed by atoms with van der Waals surface area (Å²) in [5.74, 6) is -0.458. The molecule has 2 N–H and O–H groups in total. The molecule has 1 aromatic carbocycles. The molecule has 2 aromatic rings. The lowest BCUT2D eigenvalue weighted by atomic mass is 10.3. The summed E-state index contributed by atoms with van der Waals surface area (Å²) >= 11 is 0. The number of nitrogens with one attached hydrogen (secondary N) is 2. The molecule has 0 spiro atoms. The lowest BCUT2D eigenvalue weighted by Crippen LogP contribution is -2.47. The van der Waals surface area contributed by atoms with Crippen molar-refractivity contribution < 1.29 is 14.3 Å². The van der Waals surface area contributed by atoms with Crippen LogP contribution >= 0.6 is 0 Å². The zero-order chi connectivity index (χ0) is 15.1. The van der Waals surface area contributed by atoms with E-state index in [1.165, 1.54) is 18.6 Å². The molecule has 7 heteroatoms. The van der Waals surface area contributed by atoms with Crippen LogP contribution in [0.15, 0.2) is 48.9 Å². The fourth-order valence-corrected chi connectivity index (χ4v) is 1.46. The number of ether oxygens (including phenoxy) is 1. The van der Waals surface area contributed by atoms with E-state index in [-0.39, 0.29) is 5.69 Å². The molecular formula is C14H14N4O3. The smallest absolute Gasteiger partial charge is 0.289 e. The standard InChI is InChI=1S/C14H14N4O3/c1-10(21-11-5-3-2-4-6-11)13(19)17-18-14(20)12-9-15-7-8-16-12/h2-10H,1H3,(H,17,19)(H,18,20)/t10-/m0/s1. The first-order chi connectivity index (χ1) is 10.2. The van der Waals surface area contributed by atoms with Gasteiger partial charge in [-0.15, -0.1) is 0 Å². The van der Waals surface area contributed by atoms with Crippen LogP contribution in [0.3, 0.4) is 0 Å². The van der Waals surface area contributed by atoms with Gasteiger partial charge in [-0.2, -0.15) is 0 Å². The Kier molecular flexibility index (Phi) is 4.81. The summed E-state index contributed by atoms with van der Waals surface area (Å²) in [6, 6.07) is 8.92. The Morgan fingerprint density at radius 3 is 2.57 bits per heavy atom. The van der Waals surface area contributed by atoms with E-state index >= 15 is 0 Å². The van der Waals surface area contributed by atoms with Gasteiger partial charge in [-0.05, 0) is 19.1 Å². The second-order valence-electron chi connectivity index (χ2n) is 4.11. The molecule has 0 aliphatic carbocycles. The van der Waals surface area contributed by atoms with Gasteiger partial charge in [0.2, 0.25) is 0 Å². The number of amides is 2. The van der Waals surface area contributed by atoms with Gasteiger partial charge in [0, 0.05) is 12.4 Å². The number of carbonyl (C=O) groups is 2. The second kappa shape index (κ2) is 6.99. The topological polar surface area (TPSA) is 93.2 Å². The summed E-state index contributed by atoms with van der Waals surface area (Å²) in [5.41, 5.74) is 4.62. The van der Waals surface area contributed by atoms with Gasteiger partial charge in [-0.3, -0.25) is 25.4 Å². The molecule has 0 aliphatic rings. The largest absolute Gasteiger partial charge is 0.481 e. The van der Waals surface area contributed by atoms with Crippen molar-refractivity contribution in [1.29, 1.82) is 0 Å². The van der Waals surface area contributed by atoms with E-state index < -0.39 is 17.9 Å². The minimum absolute atomic E-state index is 0.106. The van der Waals surface area contributed by atoms with Gasteiger partial charge < -0.3 is 4.74 Å². The predicted octanol–water partition coefficient (Wildman–Crippen LogP) is 0.705. The van der Waals surface area contributed by atoms with Gasteiger partial charge in [0.1, 0.15) is 11.4 Å². The minimum atomic E-state index is -0.755. The summed E-state index contributed by atoms with van der Waals surface area (Å²) in [5, 5.41) is 0. The average Bonchev–Trinajstić information content (AvgIpc) is 2.54. The molecular weight excluding hydrogens is 272 g/mol. The molecule has 0 saturated heterocycles. The summed E-state index contributed by atoms with van der Waals surface area (Å²) in [6.07, 6.45) is 3.38. The van der Waals surface area contributed by atoms with E-state index in [1.807, 2.05) is 6.07 Å². The van der Waals surface area contributed by atoms with Crippen LogP contribution < -0.4 is 15.6 Å². The van der Waals surface area contributed by atoms with Crippen molar-refractivity contribution in [3.8, 4) is 5.75 Å². The first-order valence-corrected chi connectivity index (χ1v) is 6.24. The first-order valence-electron chi connectivity index (χ1n) is 6.24. The lowest BCUT2D eigenvalue weighted by molar-refractivity contribution is -0.128. The third-order valence-electron chi connectivity index (χ3n) is 2.52. The second-order valence-corrected chi connectivity index (χ2v) is 4.11. The van der Waals surface area contributed by atoms with Crippen LogP contribution in [0, 0.1) is 0 Å². The van der Waals surface area contributed by atoms with E-state index in [2.05, 4.69) is 20.8 Å². The molecule has 0 fully saturated rings. The number of carbonyl (C=O) groups excluding carboxylic acids is 2. The molecule has 0 saturated carbocycles. The summed E-state index contributed by atoms with van der Waals surface area (Å²) < 4.78 is 5.42. The summed E-state index contributed by atoms with van der Waals surface area (Å²) in [4.78, 5) is 31.0. The quantitative estimate of drug-likeness (QED) is 0.807. The lowest BCUT2D eigenvalue weighted by Gasteiger charge is -2.14. The van der Waals surface area contributed by atoms with Gasteiger partial charge in [0.15, 0.2) is 6.10 Å². The van der Waals surface area contributed by atoms with Crippen LogP contribution in [-0.2, 0) is 4.79 Å². The summed E-state index contributed by atoms with van der Waals surface area (Å²) in [7, 11) is 0. The highest BCUT2D eigenvalue weighted by Gasteiger charge is 2.16. The maximum atomic E-state index is 11.8. The van der Waals surface area contributed by atoms with Crippen molar-refractivity contribution in [2.45, 2.75) is 13.0 Å². The van der Waals surface area contributed by atoms with Crippen LogP contribution in [0.4, 0.5) is 0 Å². The van der Waals surface area contributed by atoms with Gasteiger partial charge in [0.05, 0.1) is 6.20 Å². The Bertz CT molecular complexity index is 604. The Hall–Kier alpha value is -2.96. The molecule has 21 heavy (non-hydrogen) atoms. The van der Waals surface area contributed by atoms with Gasteiger partial charge in [-0.1, -0.05) is 18.2 Å². The van der Waals surface area contributed by atoms with E-state index in [1.54, 1.807) is 31.2 Å². The van der Waals surface area contributed by atoms with Crippen LogP contribution in [0.1, 0.15) is 17.4 Å². The molecule has 0 bridgehead atoms. The summed E-state index contributed by atoms with van der Waals surface area (Å²) in [6.45, 7) is 1.58.